The fraction of sp³-hybridized carbons (Fsp3) is 0.579. The van der Waals surface area contributed by atoms with Crippen LogP contribution in [0.1, 0.15) is 30.4 Å². The average molecular weight is 345 g/mol. The molecule has 1 atom stereocenters. The van der Waals surface area contributed by atoms with Crippen molar-refractivity contribution in [2.24, 2.45) is 0 Å². The van der Waals surface area contributed by atoms with E-state index in [1.165, 1.54) is 0 Å². The van der Waals surface area contributed by atoms with Gasteiger partial charge in [0.2, 0.25) is 11.8 Å². The highest BCUT2D eigenvalue weighted by Crippen LogP contribution is 2.22. The van der Waals surface area contributed by atoms with E-state index in [4.69, 9.17) is 4.74 Å². The second kappa shape index (κ2) is 7.87. The van der Waals surface area contributed by atoms with Gasteiger partial charge in [0.05, 0.1) is 19.6 Å². The third-order valence-corrected chi connectivity index (χ3v) is 5.11. The molecule has 2 heterocycles. The Morgan fingerprint density at radius 3 is 2.72 bits per heavy atom. The molecule has 3 rings (SSSR count). The topological polar surface area (TPSA) is 61.9 Å². The lowest BCUT2D eigenvalue weighted by Gasteiger charge is -2.35. The maximum absolute atomic E-state index is 12.5. The van der Waals surface area contributed by atoms with Gasteiger partial charge in [0.1, 0.15) is 5.75 Å². The van der Waals surface area contributed by atoms with Gasteiger partial charge in [0, 0.05) is 32.7 Å². The number of carbonyl (C=O) groups is 2. The molecule has 2 amide bonds. The highest BCUT2D eigenvalue weighted by Gasteiger charge is 2.33. The number of hydrogen-bond acceptors (Lipinski definition) is 4. The van der Waals surface area contributed by atoms with Gasteiger partial charge in [0.25, 0.3) is 0 Å². The number of amides is 2. The van der Waals surface area contributed by atoms with Crippen molar-refractivity contribution < 1.29 is 14.3 Å². The SMILES string of the molecule is COc1ccc(CN2CCNC(=O)[C@H]2CC(=O)N2CCCC2)cc1C. The first kappa shape index (κ1) is 17.7. The number of nitrogens with one attached hydrogen (secondary N) is 1. The van der Waals surface area contributed by atoms with Crippen LogP contribution < -0.4 is 10.1 Å². The van der Waals surface area contributed by atoms with Crippen LogP contribution in [0.5, 0.6) is 5.75 Å². The highest BCUT2D eigenvalue weighted by molar-refractivity contribution is 5.88. The lowest BCUT2D eigenvalue weighted by atomic mass is 10.0. The van der Waals surface area contributed by atoms with Crippen molar-refractivity contribution in [1.29, 1.82) is 0 Å². The summed E-state index contributed by atoms with van der Waals surface area (Å²) < 4.78 is 5.31. The minimum Gasteiger partial charge on any atom is -0.496 e. The molecule has 6 nitrogen and oxygen atoms in total. The third-order valence-electron chi connectivity index (χ3n) is 5.11. The fourth-order valence-electron chi connectivity index (χ4n) is 3.71. The second-order valence-corrected chi connectivity index (χ2v) is 6.87. The predicted octanol–water partition coefficient (Wildman–Crippen LogP) is 1.32. The van der Waals surface area contributed by atoms with Gasteiger partial charge in [-0.05, 0) is 37.0 Å². The first-order chi connectivity index (χ1) is 12.1. The molecule has 25 heavy (non-hydrogen) atoms. The minimum absolute atomic E-state index is 0.0379. The van der Waals surface area contributed by atoms with E-state index < -0.39 is 0 Å². The van der Waals surface area contributed by atoms with Gasteiger partial charge in [-0.25, -0.2) is 0 Å². The zero-order valence-corrected chi connectivity index (χ0v) is 15.1. The molecule has 1 N–H and O–H groups in total. The van der Waals surface area contributed by atoms with E-state index in [2.05, 4.69) is 16.3 Å². The Labute approximate surface area is 149 Å². The van der Waals surface area contributed by atoms with Crippen molar-refractivity contribution in [3.63, 3.8) is 0 Å². The van der Waals surface area contributed by atoms with Gasteiger partial charge in [-0.15, -0.1) is 0 Å². The number of carbonyl (C=O) groups excluding carboxylic acids is 2. The molecule has 2 saturated heterocycles. The van der Waals surface area contributed by atoms with Crippen LogP contribution in [-0.4, -0.2) is 60.9 Å². The molecule has 0 spiro atoms. The maximum atomic E-state index is 12.5. The number of likely N-dealkylation sites (tertiary alicyclic amines) is 1. The Kier molecular flexibility index (Phi) is 5.58. The number of piperazine rings is 1. The van der Waals surface area contributed by atoms with E-state index in [1.54, 1.807) is 7.11 Å². The molecule has 2 aliphatic rings. The zero-order chi connectivity index (χ0) is 17.8. The summed E-state index contributed by atoms with van der Waals surface area (Å²) in [5.41, 5.74) is 2.21. The number of hydrogen-bond donors (Lipinski definition) is 1. The Morgan fingerprint density at radius 2 is 2.04 bits per heavy atom. The van der Waals surface area contributed by atoms with Gasteiger partial charge < -0.3 is 15.0 Å². The molecule has 0 unspecified atom stereocenters. The van der Waals surface area contributed by atoms with E-state index in [0.717, 1.165) is 49.4 Å². The first-order valence-electron chi connectivity index (χ1n) is 9.01. The Balaban J connectivity index is 1.69. The van der Waals surface area contributed by atoms with Gasteiger partial charge >= 0.3 is 0 Å². The maximum Gasteiger partial charge on any atom is 0.237 e. The molecular formula is C19H27N3O3. The number of methoxy groups -OCH3 is 1. The number of rotatable bonds is 5. The normalized spacial score (nSPS) is 21.3. The van der Waals surface area contributed by atoms with Crippen LogP contribution in [0.4, 0.5) is 0 Å². The highest BCUT2D eigenvalue weighted by atomic mass is 16.5. The van der Waals surface area contributed by atoms with Crippen molar-refractivity contribution >= 4 is 11.8 Å². The lowest BCUT2D eigenvalue weighted by Crippen LogP contribution is -2.56. The van der Waals surface area contributed by atoms with Crippen LogP contribution in [0.2, 0.25) is 0 Å². The summed E-state index contributed by atoms with van der Waals surface area (Å²) >= 11 is 0. The third kappa shape index (κ3) is 4.12. The molecule has 2 aliphatic heterocycles. The van der Waals surface area contributed by atoms with E-state index in [-0.39, 0.29) is 24.3 Å². The van der Waals surface area contributed by atoms with Crippen LogP contribution in [0.3, 0.4) is 0 Å². The van der Waals surface area contributed by atoms with E-state index in [1.807, 2.05) is 24.0 Å². The van der Waals surface area contributed by atoms with Gasteiger partial charge in [-0.2, -0.15) is 0 Å². The number of aryl methyl sites for hydroxylation is 1. The smallest absolute Gasteiger partial charge is 0.237 e. The molecule has 0 radical (unpaired) electrons. The van der Waals surface area contributed by atoms with E-state index in [9.17, 15) is 9.59 Å². The second-order valence-electron chi connectivity index (χ2n) is 6.87. The van der Waals surface area contributed by atoms with Crippen molar-refractivity contribution in [2.45, 2.75) is 38.8 Å². The molecule has 0 bridgehead atoms. The largest absolute Gasteiger partial charge is 0.496 e. The molecular weight excluding hydrogens is 318 g/mol. The summed E-state index contributed by atoms with van der Waals surface area (Å²) in [6.45, 7) is 5.71. The number of nitrogens with zero attached hydrogens (tertiary/aromatic N) is 2. The Hall–Kier alpha value is -2.08. The Bertz CT molecular complexity index is 641. The molecule has 1 aromatic carbocycles. The first-order valence-corrected chi connectivity index (χ1v) is 9.01. The Morgan fingerprint density at radius 1 is 1.28 bits per heavy atom. The van der Waals surface area contributed by atoms with Crippen molar-refractivity contribution in [1.82, 2.24) is 15.1 Å². The van der Waals surface area contributed by atoms with Gasteiger partial charge in [0.15, 0.2) is 0 Å². The van der Waals surface area contributed by atoms with Crippen LogP contribution in [0, 0.1) is 6.92 Å². The molecule has 1 aromatic rings. The number of ether oxygens (including phenoxy) is 1. The molecule has 0 aliphatic carbocycles. The summed E-state index contributed by atoms with van der Waals surface area (Å²) in [7, 11) is 1.66. The van der Waals surface area contributed by atoms with Gasteiger partial charge in [-0.3, -0.25) is 14.5 Å². The van der Waals surface area contributed by atoms with E-state index >= 15 is 0 Å². The van der Waals surface area contributed by atoms with Gasteiger partial charge in [-0.1, -0.05) is 12.1 Å². The molecule has 2 fully saturated rings. The number of benzene rings is 1. The van der Waals surface area contributed by atoms with Crippen LogP contribution in [0.25, 0.3) is 0 Å². The average Bonchev–Trinajstić information content (AvgIpc) is 3.13. The molecule has 136 valence electrons. The fourth-order valence-corrected chi connectivity index (χ4v) is 3.71. The zero-order valence-electron chi connectivity index (χ0n) is 15.1. The van der Waals surface area contributed by atoms with E-state index in [0.29, 0.717) is 13.1 Å². The summed E-state index contributed by atoms with van der Waals surface area (Å²) in [5.74, 6) is 0.917. The summed E-state index contributed by atoms with van der Waals surface area (Å²) in [6, 6.07) is 5.69. The quantitative estimate of drug-likeness (QED) is 0.874. The summed E-state index contributed by atoms with van der Waals surface area (Å²) in [6.07, 6.45) is 2.40. The summed E-state index contributed by atoms with van der Waals surface area (Å²) in [5, 5.41) is 2.90. The summed E-state index contributed by atoms with van der Waals surface area (Å²) in [4.78, 5) is 28.9. The van der Waals surface area contributed by atoms with Crippen LogP contribution in [-0.2, 0) is 16.1 Å². The van der Waals surface area contributed by atoms with Crippen LogP contribution in [0.15, 0.2) is 18.2 Å². The molecule has 6 heteroatoms. The predicted molar refractivity (Wildman–Crippen MR) is 95.4 cm³/mol. The van der Waals surface area contributed by atoms with Crippen molar-refractivity contribution in [3.05, 3.63) is 29.3 Å². The van der Waals surface area contributed by atoms with Crippen molar-refractivity contribution in [2.75, 3.05) is 33.3 Å². The van der Waals surface area contributed by atoms with Crippen molar-refractivity contribution in [3.8, 4) is 5.75 Å². The molecule has 0 saturated carbocycles. The molecule has 0 aromatic heterocycles. The monoisotopic (exact) mass is 345 g/mol. The van der Waals surface area contributed by atoms with Crippen LogP contribution >= 0.6 is 0 Å². The standard InChI is InChI=1S/C19H27N3O3/c1-14-11-15(5-6-17(14)25-2)13-22-10-7-20-19(24)16(22)12-18(23)21-8-3-4-9-21/h5-6,11,16H,3-4,7-10,12-13H2,1-2H3,(H,20,24)/t16-/m1/s1. The lowest BCUT2D eigenvalue weighted by molar-refractivity contribution is -0.138. The minimum atomic E-state index is -0.385.